The van der Waals surface area contributed by atoms with E-state index in [1.54, 1.807) is 0 Å². The molecule has 0 fully saturated rings. The van der Waals surface area contributed by atoms with Gasteiger partial charge in [0.1, 0.15) is 0 Å². The first-order chi connectivity index (χ1) is 19.8. The molecule has 3 heterocycles. The monoisotopic (exact) mass is 515 g/mol. The van der Waals surface area contributed by atoms with Crippen molar-refractivity contribution in [2.24, 2.45) is 5.92 Å². The van der Waals surface area contributed by atoms with Gasteiger partial charge >= 0.3 is 0 Å². The zero-order chi connectivity index (χ0) is 26.7. The summed E-state index contributed by atoms with van der Waals surface area (Å²) in [6, 6.07) is 36.0. The molecule has 1 aliphatic heterocycles. The molecule has 0 radical (unpaired) electrons. The summed E-state index contributed by atoms with van der Waals surface area (Å²) in [6.45, 7) is 0. The quantitative estimate of drug-likeness (QED) is 0.255. The first kappa shape index (κ1) is 24.1. The Morgan fingerprint density at radius 1 is 0.725 bits per heavy atom. The van der Waals surface area contributed by atoms with Gasteiger partial charge in [0.2, 0.25) is 0 Å². The lowest BCUT2D eigenvalue weighted by atomic mass is 9.84. The van der Waals surface area contributed by atoms with Crippen LogP contribution in [0.25, 0.3) is 33.4 Å². The van der Waals surface area contributed by atoms with Crippen molar-refractivity contribution in [3.63, 3.8) is 0 Å². The standard InChI is InChI=1S/C37H29N3/c1-3-9-28(10-4-1)35-23-32(24-36(40-35)29-11-5-2-6-12-29)27-18-16-26(17-19-27)31-20-21-34(39-25-31)33-15-7-13-30-14-8-22-38-37(30)33/h1-18,20-25,27,35,40H,19H2. The fourth-order valence-electron chi connectivity index (χ4n) is 5.63. The number of hydrogen-bond acceptors (Lipinski definition) is 3. The second kappa shape index (κ2) is 10.6. The number of dihydropyridines is 1. The number of allylic oxidation sites excluding steroid dienone is 6. The lowest BCUT2D eigenvalue weighted by molar-refractivity contribution is 0.712. The van der Waals surface area contributed by atoms with E-state index >= 15 is 0 Å². The van der Waals surface area contributed by atoms with Crippen molar-refractivity contribution in [3.8, 4) is 11.3 Å². The summed E-state index contributed by atoms with van der Waals surface area (Å²) >= 11 is 0. The summed E-state index contributed by atoms with van der Waals surface area (Å²) in [6.07, 6.45) is 16.4. The summed E-state index contributed by atoms with van der Waals surface area (Å²) in [7, 11) is 0. The molecule has 7 rings (SSSR count). The van der Waals surface area contributed by atoms with Gasteiger partial charge in [-0.1, -0.05) is 115 Å². The fourth-order valence-corrected chi connectivity index (χ4v) is 5.63. The number of hydrogen-bond donors (Lipinski definition) is 1. The van der Waals surface area contributed by atoms with Gasteiger partial charge in [0, 0.05) is 35.0 Å². The Labute approximate surface area is 235 Å². The number of nitrogens with zero attached hydrogens (tertiary/aromatic N) is 2. The fraction of sp³-hybridized carbons (Fsp3) is 0.0811. The van der Waals surface area contributed by atoms with E-state index in [1.807, 2.05) is 18.5 Å². The molecule has 0 saturated carbocycles. The SMILES string of the molecule is C1=CC(C2=CC(c3ccccc3)NC(c3ccccc3)=C2)CC=C1c1ccc(-c2cccc3cccnc23)nc1. The normalized spacial score (nSPS) is 18.4. The van der Waals surface area contributed by atoms with Crippen LogP contribution in [0.3, 0.4) is 0 Å². The molecule has 5 aromatic rings. The van der Waals surface area contributed by atoms with Crippen molar-refractivity contribution in [3.05, 3.63) is 168 Å². The number of benzene rings is 3. The van der Waals surface area contributed by atoms with Crippen LogP contribution in [0.4, 0.5) is 0 Å². The molecule has 1 aliphatic carbocycles. The third-order valence-corrected chi connectivity index (χ3v) is 7.76. The smallest absolute Gasteiger partial charge is 0.0795 e. The molecule has 0 amide bonds. The molecule has 2 aromatic heterocycles. The summed E-state index contributed by atoms with van der Waals surface area (Å²) in [4.78, 5) is 9.42. The molecule has 2 aliphatic rings. The maximum absolute atomic E-state index is 4.83. The Balaban J connectivity index is 1.14. The Morgan fingerprint density at radius 3 is 2.33 bits per heavy atom. The lowest BCUT2D eigenvalue weighted by Gasteiger charge is -2.28. The van der Waals surface area contributed by atoms with Crippen LogP contribution in [-0.2, 0) is 0 Å². The average Bonchev–Trinajstić information content (AvgIpc) is 3.05. The topological polar surface area (TPSA) is 37.8 Å². The highest BCUT2D eigenvalue weighted by Gasteiger charge is 2.22. The van der Waals surface area contributed by atoms with Gasteiger partial charge in [-0.25, -0.2) is 0 Å². The average molecular weight is 516 g/mol. The second-order valence-electron chi connectivity index (χ2n) is 10.3. The molecular formula is C37H29N3. The van der Waals surface area contributed by atoms with Gasteiger partial charge < -0.3 is 5.32 Å². The van der Waals surface area contributed by atoms with E-state index in [4.69, 9.17) is 4.98 Å². The molecule has 0 bridgehead atoms. The maximum Gasteiger partial charge on any atom is 0.0795 e. The number of para-hydroxylation sites is 1. The van der Waals surface area contributed by atoms with Gasteiger partial charge in [-0.15, -0.1) is 0 Å². The predicted octanol–water partition coefficient (Wildman–Crippen LogP) is 8.57. The lowest BCUT2D eigenvalue weighted by Crippen LogP contribution is -2.23. The molecule has 3 nitrogen and oxygen atoms in total. The minimum Gasteiger partial charge on any atom is -0.374 e. The molecule has 3 heteroatoms. The predicted molar refractivity (Wildman–Crippen MR) is 165 cm³/mol. The van der Waals surface area contributed by atoms with Gasteiger partial charge in [0.25, 0.3) is 0 Å². The van der Waals surface area contributed by atoms with E-state index in [9.17, 15) is 0 Å². The van der Waals surface area contributed by atoms with Gasteiger partial charge in [0.15, 0.2) is 0 Å². The number of fused-ring (bicyclic) bond motifs is 1. The van der Waals surface area contributed by atoms with E-state index < -0.39 is 0 Å². The number of nitrogens with one attached hydrogen (secondary N) is 1. The largest absolute Gasteiger partial charge is 0.374 e. The molecule has 2 atom stereocenters. The van der Waals surface area contributed by atoms with Crippen LogP contribution in [0.2, 0.25) is 0 Å². The zero-order valence-electron chi connectivity index (χ0n) is 22.1. The molecule has 40 heavy (non-hydrogen) atoms. The summed E-state index contributed by atoms with van der Waals surface area (Å²) in [5.74, 6) is 0.324. The summed E-state index contributed by atoms with van der Waals surface area (Å²) in [5, 5.41) is 4.88. The highest BCUT2D eigenvalue weighted by atomic mass is 14.9. The highest BCUT2D eigenvalue weighted by molar-refractivity contribution is 5.92. The minimum atomic E-state index is 0.135. The van der Waals surface area contributed by atoms with Crippen LogP contribution in [0.15, 0.2) is 151 Å². The maximum atomic E-state index is 4.83. The van der Waals surface area contributed by atoms with Crippen molar-refractivity contribution in [1.29, 1.82) is 0 Å². The number of aromatic nitrogens is 2. The van der Waals surface area contributed by atoms with E-state index in [-0.39, 0.29) is 6.04 Å². The molecular weight excluding hydrogens is 486 g/mol. The minimum absolute atomic E-state index is 0.135. The Bertz CT molecular complexity index is 1770. The third-order valence-electron chi connectivity index (χ3n) is 7.76. The van der Waals surface area contributed by atoms with Gasteiger partial charge in [-0.3, -0.25) is 9.97 Å². The molecule has 0 saturated heterocycles. The second-order valence-corrected chi connectivity index (χ2v) is 10.3. The van der Waals surface area contributed by atoms with Crippen LogP contribution in [0, 0.1) is 5.92 Å². The Morgan fingerprint density at radius 2 is 1.55 bits per heavy atom. The van der Waals surface area contributed by atoms with Crippen molar-refractivity contribution in [2.45, 2.75) is 12.5 Å². The van der Waals surface area contributed by atoms with Crippen molar-refractivity contribution < 1.29 is 0 Å². The molecule has 2 unspecified atom stereocenters. The van der Waals surface area contributed by atoms with Gasteiger partial charge in [-0.05, 0) is 52.5 Å². The molecule has 3 aromatic carbocycles. The first-order valence-electron chi connectivity index (χ1n) is 13.8. The van der Waals surface area contributed by atoms with E-state index in [2.05, 4.69) is 138 Å². The van der Waals surface area contributed by atoms with Gasteiger partial charge in [0.05, 0.1) is 17.3 Å². The van der Waals surface area contributed by atoms with Crippen LogP contribution in [-0.4, -0.2) is 9.97 Å². The van der Waals surface area contributed by atoms with Crippen LogP contribution in [0.5, 0.6) is 0 Å². The van der Waals surface area contributed by atoms with E-state index in [1.165, 1.54) is 22.3 Å². The third kappa shape index (κ3) is 4.78. The molecule has 1 N–H and O–H groups in total. The van der Waals surface area contributed by atoms with Crippen LogP contribution in [0.1, 0.15) is 29.2 Å². The Hall–Kier alpha value is -5.02. The van der Waals surface area contributed by atoms with E-state index in [0.717, 1.165) is 39.8 Å². The number of pyridine rings is 2. The van der Waals surface area contributed by atoms with Crippen molar-refractivity contribution >= 4 is 22.2 Å². The van der Waals surface area contributed by atoms with Crippen molar-refractivity contribution in [1.82, 2.24) is 15.3 Å². The van der Waals surface area contributed by atoms with Crippen molar-refractivity contribution in [2.75, 3.05) is 0 Å². The zero-order valence-corrected chi connectivity index (χ0v) is 22.1. The number of rotatable bonds is 5. The van der Waals surface area contributed by atoms with Crippen LogP contribution >= 0.6 is 0 Å². The summed E-state index contributed by atoms with van der Waals surface area (Å²) < 4.78 is 0. The molecule has 0 spiro atoms. The van der Waals surface area contributed by atoms with Gasteiger partial charge in [-0.2, -0.15) is 0 Å². The Kier molecular flexibility index (Phi) is 6.39. The van der Waals surface area contributed by atoms with E-state index in [0.29, 0.717) is 5.92 Å². The first-order valence-corrected chi connectivity index (χ1v) is 13.8. The van der Waals surface area contributed by atoms with Crippen LogP contribution < -0.4 is 5.32 Å². The summed E-state index contributed by atoms with van der Waals surface area (Å²) in [5.41, 5.74) is 10.3. The highest BCUT2D eigenvalue weighted by Crippen LogP contribution is 2.35. The molecule has 192 valence electrons.